The van der Waals surface area contributed by atoms with Gasteiger partial charge >= 0.3 is 0 Å². The molecule has 4 aromatic rings. The van der Waals surface area contributed by atoms with Gasteiger partial charge in [-0.2, -0.15) is 4.98 Å². The summed E-state index contributed by atoms with van der Waals surface area (Å²) in [5.74, 6) is 0. The normalized spacial score (nSPS) is 19.8. The number of pyridine rings is 1. The van der Waals surface area contributed by atoms with Gasteiger partial charge in [0.1, 0.15) is 12.2 Å². The number of ether oxygens (including phenoxy) is 2. The average Bonchev–Trinajstić information content (AvgIpc) is 3.32. The number of hydrogen-bond acceptors (Lipinski definition) is 9. The lowest BCUT2D eigenvalue weighted by molar-refractivity contribution is -0.131. The summed E-state index contributed by atoms with van der Waals surface area (Å²) in [6.45, 7) is -0.376. The van der Waals surface area contributed by atoms with Crippen LogP contribution in [0.5, 0.6) is 6.01 Å². The third-order valence-corrected chi connectivity index (χ3v) is 8.12. The van der Waals surface area contributed by atoms with Crippen LogP contribution in [-0.2, 0) is 14.8 Å². The topological polar surface area (TPSA) is 167 Å². The first kappa shape index (κ1) is 27.5. The lowest BCUT2D eigenvalue weighted by Crippen LogP contribution is -2.45. The minimum Gasteiger partial charge on any atom is -0.459 e. The highest BCUT2D eigenvalue weighted by molar-refractivity contribution is 7.89. The minimum atomic E-state index is -3.68. The van der Waals surface area contributed by atoms with Crippen molar-refractivity contribution in [2.24, 2.45) is 0 Å². The van der Waals surface area contributed by atoms with Crippen molar-refractivity contribution in [3.05, 3.63) is 59.6 Å². The number of rotatable bonds is 9. The maximum Gasteiger partial charge on any atom is 0.296 e. The van der Waals surface area contributed by atoms with E-state index in [1.807, 2.05) is 24.3 Å². The number of hydrogen-bond donors (Lipinski definition) is 5. The summed E-state index contributed by atoms with van der Waals surface area (Å²) in [5, 5.41) is 28.6. The Kier molecular flexibility index (Phi) is 8.14. The van der Waals surface area contributed by atoms with Crippen molar-refractivity contribution in [2.75, 3.05) is 26.4 Å². The molecule has 1 aliphatic rings. The fraction of sp³-hybridized carbons (Fsp3) is 0.308. The van der Waals surface area contributed by atoms with Gasteiger partial charge in [0, 0.05) is 18.5 Å². The fourth-order valence-corrected chi connectivity index (χ4v) is 5.59. The van der Waals surface area contributed by atoms with Gasteiger partial charge < -0.3 is 29.8 Å². The number of sulfonamides is 1. The van der Waals surface area contributed by atoms with Crippen LogP contribution in [0.3, 0.4) is 0 Å². The molecule has 0 amide bonds. The molecule has 0 bridgehead atoms. The van der Waals surface area contributed by atoms with Crippen molar-refractivity contribution in [1.29, 1.82) is 0 Å². The van der Waals surface area contributed by atoms with E-state index in [1.165, 1.54) is 12.1 Å². The van der Waals surface area contributed by atoms with E-state index in [-0.39, 0.29) is 37.3 Å². The van der Waals surface area contributed by atoms with Crippen LogP contribution in [0.25, 0.3) is 33.5 Å². The van der Waals surface area contributed by atoms with E-state index in [0.29, 0.717) is 28.3 Å². The molecule has 1 saturated heterocycles. The van der Waals surface area contributed by atoms with E-state index in [4.69, 9.17) is 26.2 Å². The number of imidazole rings is 1. The lowest BCUT2D eigenvalue weighted by atomic mass is 10.0. The van der Waals surface area contributed by atoms with Crippen LogP contribution in [-0.4, -0.2) is 83.4 Å². The fourth-order valence-electron chi connectivity index (χ4n) is 4.31. The zero-order chi connectivity index (χ0) is 27.6. The van der Waals surface area contributed by atoms with E-state index >= 15 is 0 Å². The van der Waals surface area contributed by atoms with Crippen molar-refractivity contribution in [1.82, 2.24) is 19.7 Å². The van der Waals surface area contributed by atoms with Crippen molar-refractivity contribution >= 4 is 32.8 Å². The monoisotopic (exact) mass is 574 g/mol. The molecule has 5 rings (SSSR count). The van der Waals surface area contributed by atoms with Crippen molar-refractivity contribution in [2.45, 2.75) is 29.6 Å². The summed E-state index contributed by atoms with van der Waals surface area (Å²) in [6.07, 6.45) is -1.59. The molecule has 11 nitrogen and oxygen atoms in total. The summed E-state index contributed by atoms with van der Waals surface area (Å²) in [6, 6.07) is 15.9. The molecule has 3 heterocycles. The molecule has 2 aromatic carbocycles. The van der Waals surface area contributed by atoms with E-state index in [9.17, 15) is 18.6 Å². The SMILES string of the molecule is O=S(=O)(NCCO)c1ccc(-c2ccc(-c3nc4nc(O[C@H]5CO[C@H](CO)[C@@H](O)C5)[nH]c4cc3Cl)cc2)cc1. The quantitative estimate of drug-likeness (QED) is 0.201. The van der Waals surface area contributed by atoms with Gasteiger partial charge in [0.05, 0.1) is 47.1 Å². The first-order chi connectivity index (χ1) is 18.8. The molecule has 2 aromatic heterocycles. The molecule has 206 valence electrons. The number of nitrogens with zero attached hydrogens (tertiary/aromatic N) is 2. The lowest BCUT2D eigenvalue weighted by Gasteiger charge is -2.31. The summed E-state index contributed by atoms with van der Waals surface area (Å²) in [5.41, 5.74) is 4.00. The Labute approximate surface area is 229 Å². The maximum absolute atomic E-state index is 12.2. The van der Waals surface area contributed by atoms with Crippen LogP contribution in [0.1, 0.15) is 6.42 Å². The molecule has 5 N–H and O–H groups in total. The number of nitrogens with one attached hydrogen (secondary N) is 2. The highest BCUT2D eigenvalue weighted by atomic mass is 35.5. The molecule has 0 unspecified atom stereocenters. The van der Waals surface area contributed by atoms with Crippen molar-refractivity contribution in [3.8, 4) is 28.4 Å². The third-order valence-electron chi connectivity index (χ3n) is 6.35. The Balaban J connectivity index is 1.32. The first-order valence-corrected chi connectivity index (χ1v) is 14.1. The van der Waals surface area contributed by atoms with E-state index in [2.05, 4.69) is 19.7 Å². The largest absolute Gasteiger partial charge is 0.459 e. The standard InChI is InChI=1S/C26H27ClN4O7S/c27-20-12-21-25(31-26(29-21)38-18-11-22(34)23(13-33)37-14-18)30-24(20)17-3-1-15(2-4-17)16-5-7-19(8-6-16)39(35,36)28-9-10-32/h1-8,12,18,22-23,28,32-34H,9-11,13-14H2,(H,29,30,31)/t18-,22+,23-/m1/s1. The van der Waals surface area contributed by atoms with Crippen LogP contribution < -0.4 is 9.46 Å². The number of aliphatic hydroxyl groups is 3. The van der Waals surface area contributed by atoms with Crippen LogP contribution in [0.4, 0.5) is 0 Å². The minimum absolute atomic E-state index is 0.0496. The summed E-state index contributed by atoms with van der Waals surface area (Å²) in [4.78, 5) is 12.2. The molecular weight excluding hydrogens is 548 g/mol. The Bertz CT molecular complexity index is 1550. The van der Waals surface area contributed by atoms with Crippen LogP contribution in [0.2, 0.25) is 5.02 Å². The zero-order valence-corrected chi connectivity index (χ0v) is 22.2. The number of benzene rings is 2. The van der Waals surface area contributed by atoms with Gasteiger partial charge in [-0.25, -0.2) is 18.1 Å². The van der Waals surface area contributed by atoms with Crippen LogP contribution in [0, 0.1) is 0 Å². The molecule has 1 fully saturated rings. The predicted octanol–water partition coefficient (Wildman–Crippen LogP) is 2.11. The molecule has 3 atom stereocenters. The molecule has 13 heteroatoms. The van der Waals surface area contributed by atoms with Gasteiger partial charge in [-0.1, -0.05) is 48.0 Å². The number of H-pyrrole nitrogens is 1. The Morgan fingerprint density at radius 1 is 1.05 bits per heavy atom. The van der Waals surface area contributed by atoms with Crippen LogP contribution in [0.15, 0.2) is 59.5 Å². The third kappa shape index (κ3) is 6.07. The second-order valence-corrected chi connectivity index (χ2v) is 11.2. The summed E-state index contributed by atoms with van der Waals surface area (Å²) in [7, 11) is -3.68. The van der Waals surface area contributed by atoms with Gasteiger partial charge in [-0.3, -0.25) is 0 Å². The van der Waals surface area contributed by atoms with Crippen LogP contribution >= 0.6 is 11.6 Å². The predicted molar refractivity (Wildman–Crippen MR) is 144 cm³/mol. The summed E-state index contributed by atoms with van der Waals surface area (Å²) < 4.78 is 38.0. The molecule has 0 saturated carbocycles. The van der Waals surface area contributed by atoms with E-state index < -0.39 is 28.3 Å². The van der Waals surface area contributed by atoms with Gasteiger partial charge in [-0.05, 0) is 29.3 Å². The van der Waals surface area contributed by atoms with E-state index in [0.717, 1.165) is 16.7 Å². The number of aromatic nitrogens is 3. The molecule has 1 aliphatic heterocycles. The Morgan fingerprint density at radius 2 is 1.72 bits per heavy atom. The highest BCUT2D eigenvalue weighted by Gasteiger charge is 2.31. The second-order valence-electron chi connectivity index (χ2n) is 9.05. The van der Waals surface area contributed by atoms with Crippen molar-refractivity contribution < 1.29 is 33.2 Å². The van der Waals surface area contributed by atoms with E-state index in [1.54, 1.807) is 18.2 Å². The highest BCUT2D eigenvalue weighted by Crippen LogP contribution is 2.32. The first-order valence-electron chi connectivity index (χ1n) is 12.2. The van der Waals surface area contributed by atoms with Crippen molar-refractivity contribution in [3.63, 3.8) is 0 Å². The Hall–Kier alpha value is -3.10. The average molecular weight is 575 g/mol. The molecule has 0 aliphatic carbocycles. The number of halogens is 1. The zero-order valence-electron chi connectivity index (χ0n) is 20.6. The molecular formula is C26H27ClN4O7S. The van der Waals surface area contributed by atoms with Gasteiger partial charge in [0.2, 0.25) is 10.0 Å². The second kappa shape index (κ2) is 11.6. The van der Waals surface area contributed by atoms with Gasteiger partial charge in [-0.15, -0.1) is 0 Å². The maximum atomic E-state index is 12.2. The number of fused-ring (bicyclic) bond motifs is 1. The van der Waals surface area contributed by atoms with Gasteiger partial charge in [0.15, 0.2) is 5.65 Å². The molecule has 39 heavy (non-hydrogen) atoms. The number of aromatic amines is 1. The molecule has 0 spiro atoms. The molecule has 0 radical (unpaired) electrons. The Morgan fingerprint density at radius 3 is 2.36 bits per heavy atom. The smallest absolute Gasteiger partial charge is 0.296 e. The number of aliphatic hydroxyl groups excluding tert-OH is 3. The summed E-state index contributed by atoms with van der Waals surface area (Å²) >= 11 is 6.54. The van der Waals surface area contributed by atoms with Gasteiger partial charge in [0.25, 0.3) is 6.01 Å².